The summed E-state index contributed by atoms with van der Waals surface area (Å²) in [6.45, 7) is 8.23. The maximum Gasteiger partial charge on any atom is 0.0344 e. The van der Waals surface area contributed by atoms with Gasteiger partial charge in [-0.1, -0.05) is 6.92 Å². The molecule has 106 valence electrons. The molecule has 2 heterocycles. The highest BCUT2D eigenvalue weighted by Gasteiger charge is 2.37. The summed E-state index contributed by atoms with van der Waals surface area (Å²) >= 11 is 0. The molecule has 2 N–H and O–H groups in total. The second-order valence-electron chi connectivity index (χ2n) is 6.61. The van der Waals surface area contributed by atoms with Crippen LogP contribution in [0.1, 0.15) is 45.4 Å². The van der Waals surface area contributed by atoms with Crippen LogP contribution in [0.2, 0.25) is 0 Å². The summed E-state index contributed by atoms with van der Waals surface area (Å²) in [7, 11) is 2.25. The van der Waals surface area contributed by atoms with Gasteiger partial charge in [-0.05, 0) is 77.7 Å². The van der Waals surface area contributed by atoms with Gasteiger partial charge in [-0.25, -0.2) is 0 Å². The molecule has 0 bridgehead atoms. The molecule has 2 fully saturated rings. The molecule has 3 nitrogen and oxygen atoms in total. The number of nitrogens with zero attached hydrogens (tertiary/aromatic N) is 2. The molecule has 2 rings (SSSR count). The first kappa shape index (κ1) is 14.3. The number of hydrogen-bond acceptors (Lipinski definition) is 3. The molecule has 0 spiro atoms. The molecule has 0 aromatic heterocycles. The zero-order valence-electron chi connectivity index (χ0n) is 12.3. The van der Waals surface area contributed by atoms with Gasteiger partial charge in [0.1, 0.15) is 0 Å². The highest BCUT2D eigenvalue weighted by atomic mass is 15.2. The second-order valence-corrected chi connectivity index (χ2v) is 6.61. The van der Waals surface area contributed by atoms with Crippen LogP contribution in [-0.4, -0.2) is 55.1 Å². The summed E-state index contributed by atoms with van der Waals surface area (Å²) in [5, 5.41) is 0. The van der Waals surface area contributed by atoms with E-state index in [0.29, 0.717) is 5.54 Å². The van der Waals surface area contributed by atoms with Gasteiger partial charge in [-0.2, -0.15) is 0 Å². The van der Waals surface area contributed by atoms with Gasteiger partial charge in [-0.15, -0.1) is 0 Å². The van der Waals surface area contributed by atoms with Crippen molar-refractivity contribution in [1.29, 1.82) is 0 Å². The summed E-state index contributed by atoms with van der Waals surface area (Å²) in [4.78, 5) is 5.22. The van der Waals surface area contributed by atoms with Gasteiger partial charge < -0.3 is 10.6 Å². The van der Waals surface area contributed by atoms with E-state index in [9.17, 15) is 0 Å². The minimum atomic E-state index is 0.300. The molecule has 2 unspecified atom stereocenters. The van der Waals surface area contributed by atoms with Crippen molar-refractivity contribution < 1.29 is 0 Å². The third kappa shape index (κ3) is 3.25. The van der Waals surface area contributed by atoms with Crippen LogP contribution in [0.3, 0.4) is 0 Å². The van der Waals surface area contributed by atoms with E-state index < -0.39 is 0 Å². The number of rotatable bonds is 2. The number of hydrogen-bond donors (Lipinski definition) is 1. The Labute approximate surface area is 113 Å². The van der Waals surface area contributed by atoms with Gasteiger partial charge >= 0.3 is 0 Å². The third-order valence-corrected chi connectivity index (χ3v) is 5.21. The van der Waals surface area contributed by atoms with E-state index in [1.54, 1.807) is 0 Å². The lowest BCUT2D eigenvalue weighted by molar-refractivity contribution is 0.0814. The first-order valence-corrected chi connectivity index (χ1v) is 7.80. The van der Waals surface area contributed by atoms with E-state index in [2.05, 4.69) is 23.8 Å². The summed E-state index contributed by atoms with van der Waals surface area (Å²) in [5.41, 5.74) is 6.51. The van der Waals surface area contributed by atoms with Gasteiger partial charge in [0.25, 0.3) is 0 Å². The lowest BCUT2D eigenvalue weighted by Crippen LogP contribution is -2.54. The fourth-order valence-corrected chi connectivity index (χ4v) is 3.70. The SMILES string of the molecule is CC1CCCN(C2(CN)CCCN(C)CC2)CC1. The van der Waals surface area contributed by atoms with E-state index in [1.165, 1.54) is 64.7 Å². The molecule has 2 aliphatic rings. The highest BCUT2D eigenvalue weighted by molar-refractivity contribution is 4.95. The fourth-order valence-electron chi connectivity index (χ4n) is 3.70. The Hall–Kier alpha value is -0.120. The smallest absolute Gasteiger partial charge is 0.0344 e. The molecule has 3 heteroatoms. The third-order valence-electron chi connectivity index (χ3n) is 5.21. The van der Waals surface area contributed by atoms with Crippen molar-refractivity contribution in [3.05, 3.63) is 0 Å². The largest absolute Gasteiger partial charge is 0.329 e. The molecule has 18 heavy (non-hydrogen) atoms. The zero-order chi connectivity index (χ0) is 13.0. The van der Waals surface area contributed by atoms with Crippen LogP contribution in [0.25, 0.3) is 0 Å². The average Bonchev–Trinajstić information content (AvgIpc) is 2.69. The molecular formula is C15H31N3. The van der Waals surface area contributed by atoms with E-state index in [1.807, 2.05) is 0 Å². The maximum atomic E-state index is 6.21. The van der Waals surface area contributed by atoms with Gasteiger partial charge in [0.05, 0.1) is 0 Å². The van der Waals surface area contributed by atoms with Crippen LogP contribution in [0.5, 0.6) is 0 Å². The molecule has 0 amide bonds. The molecule has 0 aliphatic carbocycles. The van der Waals surface area contributed by atoms with E-state index in [-0.39, 0.29) is 0 Å². The van der Waals surface area contributed by atoms with Crippen LogP contribution < -0.4 is 5.73 Å². The van der Waals surface area contributed by atoms with E-state index in [4.69, 9.17) is 5.73 Å². The van der Waals surface area contributed by atoms with Gasteiger partial charge in [0.15, 0.2) is 0 Å². The molecule has 0 saturated carbocycles. The zero-order valence-corrected chi connectivity index (χ0v) is 12.3. The van der Waals surface area contributed by atoms with Crippen LogP contribution in [-0.2, 0) is 0 Å². The summed E-state index contributed by atoms with van der Waals surface area (Å²) in [5.74, 6) is 0.901. The molecule has 0 radical (unpaired) electrons. The first-order chi connectivity index (χ1) is 8.66. The lowest BCUT2D eigenvalue weighted by Gasteiger charge is -2.43. The van der Waals surface area contributed by atoms with Crippen molar-refractivity contribution in [3.8, 4) is 0 Å². The first-order valence-electron chi connectivity index (χ1n) is 7.80. The Kier molecular flexibility index (Phi) is 5.05. The molecule has 2 saturated heterocycles. The Morgan fingerprint density at radius 2 is 1.89 bits per heavy atom. The molecule has 0 aromatic rings. The van der Waals surface area contributed by atoms with Gasteiger partial charge in [-0.3, -0.25) is 4.90 Å². The van der Waals surface area contributed by atoms with Crippen molar-refractivity contribution >= 4 is 0 Å². The summed E-state index contributed by atoms with van der Waals surface area (Å²) in [6, 6.07) is 0. The number of likely N-dealkylation sites (tertiary alicyclic amines) is 2. The Balaban J connectivity index is 2.05. The predicted molar refractivity (Wildman–Crippen MR) is 77.7 cm³/mol. The maximum absolute atomic E-state index is 6.21. The van der Waals surface area contributed by atoms with Crippen molar-refractivity contribution in [1.82, 2.24) is 9.80 Å². The van der Waals surface area contributed by atoms with Crippen LogP contribution in [0, 0.1) is 5.92 Å². The van der Waals surface area contributed by atoms with Crippen LogP contribution in [0.15, 0.2) is 0 Å². The van der Waals surface area contributed by atoms with Crippen molar-refractivity contribution in [3.63, 3.8) is 0 Å². The quantitative estimate of drug-likeness (QED) is 0.816. The Bertz CT molecular complexity index is 256. The monoisotopic (exact) mass is 253 g/mol. The normalized spacial score (nSPS) is 37.2. The van der Waals surface area contributed by atoms with E-state index in [0.717, 1.165) is 12.5 Å². The van der Waals surface area contributed by atoms with E-state index >= 15 is 0 Å². The molecule has 2 aliphatic heterocycles. The van der Waals surface area contributed by atoms with Crippen molar-refractivity contribution in [2.45, 2.75) is 51.0 Å². The molecule has 0 aromatic carbocycles. The van der Waals surface area contributed by atoms with Crippen LogP contribution >= 0.6 is 0 Å². The predicted octanol–water partition coefficient (Wildman–Crippen LogP) is 1.92. The average molecular weight is 253 g/mol. The van der Waals surface area contributed by atoms with Crippen molar-refractivity contribution in [2.75, 3.05) is 39.8 Å². The second kappa shape index (κ2) is 6.36. The standard InChI is InChI=1S/C15H31N3/c1-14-5-3-10-18(11-6-14)15(13-16)7-4-9-17(2)12-8-15/h14H,3-13,16H2,1-2H3. The Morgan fingerprint density at radius 1 is 1.06 bits per heavy atom. The summed E-state index contributed by atoms with van der Waals surface area (Å²) in [6.07, 6.45) is 7.98. The van der Waals surface area contributed by atoms with Gasteiger partial charge in [0, 0.05) is 12.1 Å². The topological polar surface area (TPSA) is 32.5 Å². The van der Waals surface area contributed by atoms with Crippen molar-refractivity contribution in [2.24, 2.45) is 11.7 Å². The van der Waals surface area contributed by atoms with Gasteiger partial charge in [0.2, 0.25) is 0 Å². The molecule has 2 atom stereocenters. The Morgan fingerprint density at radius 3 is 2.67 bits per heavy atom. The lowest BCUT2D eigenvalue weighted by atomic mass is 9.88. The minimum Gasteiger partial charge on any atom is -0.329 e. The highest BCUT2D eigenvalue weighted by Crippen LogP contribution is 2.31. The number of nitrogens with two attached hydrogens (primary N) is 1. The molecular weight excluding hydrogens is 222 g/mol. The summed E-state index contributed by atoms with van der Waals surface area (Å²) < 4.78 is 0. The fraction of sp³-hybridized carbons (Fsp3) is 1.00. The van der Waals surface area contributed by atoms with Crippen LogP contribution in [0.4, 0.5) is 0 Å². The minimum absolute atomic E-state index is 0.300.